The highest BCUT2D eigenvalue weighted by atomic mass is 35.5. The molecular weight excluding hydrogens is 310 g/mol. The van der Waals surface area contributed by atoms with Crippen LogP contribution in [0.3, 0.4) is 0 Å². The second kappa shape index (κ2) is 5.64. The number of anilines is 2. The van der Waals surface area contributed by atoms with E-state index in [4.69, 9.17) is 22.6 Å². The lowest BCUT2D eigenvalue weighted by molar-refractivity contribution is 0.601. The SMILES string of the molecule is Cc1ccc(NS(=O)(=O)c2cc(Cl)ccc2C#N)cc1N. The maximum absolute atomic E-state index is 12.4. The number of hydrogen-bond donors (Lipinski definition) is 2. The van der Waals surface area contributed by atoms with Gasteiger partial charge in [-0.25, -0.2) is 8.42 Å². The van der Waals surface area contributed by atoms with Gasteiger partial charge in [-0.3, -0.25) is 4.72 Å². The molecule has 3 N–H and O–H groups in total. The fourth-order valence-electron chi connectivity index (χ4n) is 1.72. The van der Waals surface area contributed by atoms with Crippen LogP contribution < -0.4 is 10.5 Å². The summed E-state index contributed by atoms with van der Waals surface area (Å²) < 4.78 is 27.1. The summed E-state index contributed by atoms with van der Waals surface area (Å²) in [4.78, 5) is -0.170. The number of halogens is 1. The molecular formula is C14H12ClN3O2S. The van der Waals surface area contributed by atoms with E-state index < -0.39 is 10.0 Å². The summed E-state index contributed by atoms with van der Waals surface area (Å²) in [7, 11) is -3.92. The lowest BCUT2D eigenvalue weighted by atomic mass is 10.2. The Hall–Kier alpha value is -2.23. The number of sulfonamides is 1. The molecule has 0 aliphatic rings. The number of nitrogens with zero attached hydrogens (tertiary/aromatic N) is 1. The largest absolute Gasteiger partial charge is 0.398 e. The molecule has 21 heavy (non-hydrogen) atoms. The topological polar surface area (TPSA) is 96.0 Å². The molecule has 0 saturated carbocycles. The minimum Gasteiger partial charge on any atom is -0.398 e. The smallest absolute Gasteiger partial charge is 0.263 e. The summed E-state index contributed by atoms with van der Waals surface area (Å²) >= 11 is 5.81. The minimum absolute atomic E-state index is 0.0204. The first kappa shape index (κ1) is 15.2. The summed E-state index contributed by atoms with van der Waals surface area (Å²) in [5, 5.41) is 9.25. The summed E-state index contributed by atoms with van der Waals surface area (Å²) in [6, 6.07) is 10.7. The van der Waals surface area contributed by atoms with Gasteiger partial charge in [0.15, 0.2) is 0 Å². The van der Waals surface area contributed by atoms with Crippen molar-refractivity contribution in [1.29, 1.82) is 5.26 Å². The molecule has 0 spiro atoms. The Morgan fingerprint density at radius 3 is 2.57 bits per heavy atom. The van der Waals surface area contributed by atoms with Gasteiger partial charge in [-0.1, -0.05) is 17.7 Å². The molecule has 2 aromatic carbocycles. The predicted molar refractivity (Wildman–Crippen MR) is 82.6 cm³/mol. The number of nitrogen functional groups attached to an aromatic ring is 1. The van der Waals surface area contributed by atoms with E-state index >= 15 is 0 Å². The third-order valence-electron chi connectivity index (χ3n) is 2.89. The third-order valence-corrected chi connectivity index (χ3v) is 4.54. The average molecular weight is 322 g/mol. The first-order chi connectivity index (χ1) is 9.83. The Morgan fingerprint density at radius 1 is 1.24 bits per heavy atom. The average Bonchev–Trinajstić information content (AvgIpc) is 2.42. The zero-order valence-electron chi connectivity index (χ0n) is 11.1. The lowest BCUT2D eigenvalue weighted by Crippen LogP contribution is -2.14. The first-order valence-electron chi connectivity index (χ1n) is 5.92. The van der Waals surface area contributed by atoms with E-state index in [1.54, 1.807) is 12.1 Å². The fourth-order valence-corrected chi connectivity index (χ4v) is 3.19. The van der Waals surface area contributed by atoms with Crippen molar-refractivity contribution in [2.45, 2.75) is 11.8 Å². The van der Waals surface area contributed by atoms with Crippen molar-refractivity contribution in [2.24, 2.45) is 0 Å². The van der Waals surface area contributed by atoms with Crippen molar-refractivity contribution in [3.05, 3.63) is 52.5 Å². The highest BCUT2D eigenvalue weighted by molar-refractivity contribution is 7.92. The minimum atomic E-state index is -3.92. The van der Waals surface area contributed by atoms with Crippen molar-refractivity contribution in [3.8, 4) is 6.07 Å². The maximum atomic E-state index is 12.4. The molecule has 0 aromatic heterocycles. The lowest BCUT2D eigenvalue weighted by Gasteiger charge is -2.11. The summed E-state index contributed by atoms with van der Waals surface area (Å²) in [6.45, 7) is 1.82. The molecule has 0 saturated heterocycles. The fraction of sp³-hybridized carbons (Fsp3) is 0.0714. The van der Waals surface area contributed by atoms with Gasteiger partial charge in [0.05, 0.1) is 11.3 Å². The van der Waals surface area contributed by atoms with Gasteiger partial charge in [0, 0.05) is 10.7 Å². The summed E-state index contributed by atoms with van der Waals surface area (Å²) in [6.07, 6.45) is 0. The molecule has 5 nitrogen and oxygen atoms in total. The van der Waals surface area contributed by atoms with Crippen LogP contribution in [0.25, 0.3) is 0 Å². The molecule has 0 bridgehead atoms. The number of rotatable bonds is 3. The van der Waals surface area contributed by atoms with Gasteiger partial charge in [-0.05, 0) is 42.8 Å². The third kappa shape index (κ3) is 3.27. The van der Waals surface area contributed by atoms with Crippen LogP contribution in [0, 0.1) is 18.3 Å². The Kier molecular flexibility index (Phi) is 4.07. The Balaban J connectivity index is 2.46. The standard InChI is InChI=1S/C14H12ClN3O2S/c1-9-2-5-12(7-13(9)17)18-21(19,20)14-6-11(15)4-3-10(14)8-16/h2-7,18H,17H2,1H3. The molecule has 0 aliphatic heterocycles. The molecule has 108 valence electrons. The van der Waals surface area contributed by atoms with E-state index in [2.05, 4.69) is 4.72 Å². The molecule has 7 heteroatoms. The summed E-state index contributed by atoms with van der Waals surface area (Å²) in [5.74, 6) is 0. The number of benzene rings is 2. The van der Waals surface area contributed by atoms with E-state index in [0.717, 1.165) is 5.56 Å². The van der Waals surface area contributed by atoms with Gasteiger partial charge in [0.2, 0.25) is 0 Å². The van der Waals surface area contributed by atoms with Gasteiger partial charge >= 0.3 is 0 Å². The van der Waals surface area contributed by atoms with Crippen LogP contribution in [0.4, 0.5) is 11.4 Å². The molecule has 0 unspecified atom stereocenters. The highest BCUT2D eigenvalue weighted by Gasteiger charge is 2.19. The first-order valence-corrected chi connectivity index (χ1v) is 7.78. The van der Waals surface area contributed by atoms with E-state index in [-0.39, 0.29) is 15.5 Å². The second-order valence-corrected chi connectivity index (χ2v) is 6.52. The number of nitrogens with one attached hydrogen (secondary N) is 1. The van der Waals surface area contributed by atoms with E-state index in [1.807, 2.05) is 13.0 Å². The molecule has 0 aliphatic carbocycles. The van der Waals surface area contributed by atoms with Crippen LogP contribution in [-0.4, -0.2) is 8.42 Å². The van der Waals surface area contributed by atoms with E-state index in [1.165, 1.54) is 24.3 Å². The van der Waals surface area contributed by atoms with Crippen molar-refractivity contribution in [1.82, 2.24) is 0 Å². The van der Waals surface area contributed by atoms with Gasteiger partial charge in [0.1, 0.15) is 11.0 Å². The van der Waals surface area contributed by atoms with Crippen molar-refractivity contribution in [3.63, 3.8) is 0 Å². The maximum Gasteiger partial charge on any atom is 0.263 e. The number of aryl methyl sites for hydroxylation is 1. The Bertz CT molecular complexity index is 842. The molecule has 0 atom stereocenters. The Morgan fingerprint density at radius 2 is 1.95 bits per heavy atom. The number of nitrogens with two attached hydrogens (primary N) is 1. The van der Waals surface area contributed by atoms with E-state index in [9.17, 15) is 8.42 Å². The van der Waals surface area contributed by atoms with Crippen LogP contribution in [0.2, 0.25) is 5.02 Å². The molecule has 0 radical (unpaired) electrons. The molecule has 0 fully saturated rings. The van der Waals surface area contributed by atoms with Gasteiger partial charge in [-0.15, -0.1) is 0 Å². The number of nitriles is 1. The van der Waals surface area contributed by atoms with Crippen LogP contribution in [0.15, 0.2) is 41.3 Å². The molecule has 0 heterocycles. The molecule has 2 aromatic rings. The second-order valence-electron chi connectivity index (χ2n) is 4.43. The quantitative estimate of drug-likeness (QED) is 0.849. The van der Waals surface area contributed by atoms with Crippen LogP contribution in [0.5, 0.6) is 0 Å². The van der Waals surface area contributed by atoms with Gasteiger partial charge < -0.3 is 5.73 Å². The monoisotopic (exact) mass is 321 g/mol. The zero-order chi connectivity index (χ0) is 15.6. The summed E-state index contributed by atoms with van der Waals surface area (Å²) in [5.41, 5.74) is 7.41. The normalized spacial score (nSPS) is 10.9. The van der Waals surface area contributed by atoms with Gasteiger partial charge in [-0.2, -0.15) is 5.26 Å². The Labute approximate surface area is 128 Å². The highest BCUT2D eigenvalue weighted by Crippen LogP contribution is 2.24. The van der Waals surface area contributed by atoms with Crippen molar-refractivity contribution >= 4 is 33.0 Å². The van der Waals surface area contributed by atoms with Crippen molar-refractivity contribution in [2.75, 3.05) is 10.5 Å². The molecule has 2 rings (SSSR count). The van der Waals surface area contributed by atoms with Crippen molar-refractivity contribution < 1.29 is 8.42 Å². The molecule has 0 amide bonds. The van der Waals surface area contributed by atoms with Crippen LogP contribution >= 0.6 is 11.6 Å². The van der Waals surface area contributed by atoms with E-state index in [0.29, 0.717) is 11.4 Å². The number of hydrogen-bond acceptors (Lipinski definition) is 4. The van der Waals surface area contributed by atoms with Crippen LogP contribution in [-0.2, 0) is 10.0 Å². The zero-order valence-corrected chi connectivity index (χ0v) is 12.7. The predicted octanol–water partition coefficient (Wildman–Crippen LogP) is 2.90. The van der Waals surface area contributed by atoms with Gasteiger partial charge in [0.25, 0.3) is 10.0 Å². The van der Waals surface area contributed by atoms with Crippen LogP contribution in [0.1, 0.15) is 11.1 Å².